The third-order valence-electron chi connectivity index (χ3n) is 19.1. The number of H-pyrrole nitrogens is 1. The number of carbonyl (C=O) groups excluding carboxylic acids is 6. The summed E-state index contributed by atoms with van der Waals surface area (Å²) in [6.45, 7) is 7.53. The molecule has 12 heterocycles. The molecule has 16 aromatic rings. The predicted molar refractivity (Wildman–Crippen MR) is 455 cm³/mol. The van der Waals surface area contributed by atoms with Gasteiger partial charge in [0.05, 0.1) is 108 Å². The van der Waals surface area contributed by atoms with E-state index in [4.69, 9.17) is 5.73 Å². The smallest absolute Gasteiger partial charge is 0.587 e. The van der Waals surface area contributed by atoms with Crippen LogP contribution in [0.15, 0.2) is 203 Å². The van der Waals surface area contributed by atoms with Crippen molar-refractivity contribution in [1.82, 2.24) is 68.2 Å². The van der Waals surface area contributed by atoms with E-state index in [-0.39, 0.29) is 105 Å². The van der Waals surface area contributed by atoms with Gasteiger partial charge in [-0.05, 0) is 89.5 Å². The van der Waals surface area contributed by atoms with Gasteiger partial charge in [0.25, 0.3) is 40.3 Å². The molecular formula is C83H68Br3KN16O9S3. The second-order valence-electron chi connectivity index (χ2n) is 26.7. The normalized spacial score (nSPS) is 12.5. The van der Waals surface area contributed by atoms with Crippen LogP contribution in [0.4, 0.5) is 0 Å². The van der Waals surface area contributed by atoms with Crippen molar-refractivity contribution in [3.63, 3.8) is 0 Å². The van der Waals surface area contributed by atoms with Crippen molar-refractivity contribution in [3.05, 3.63) is 318 Å². The molecule has 0 radical (unpaired) electrons. The summed E-state index contributed by atoms with van der Waals surface area (Å²) in [5.74, 6) is -1.86. The van der Waals surface area contributed by atoms with Gasteiger partial charge >= 0.3 is 51.4 Å². The first-order chi connectivity index (χ1) is 55.0. The molecule has 0 atom stereocenters. The second-order valence-corrected chi connectivity index (χ2v) is 32.0. The summed E-state index contributed by atoms with van der Waals surface area (Å²) < 4.78 is 11.5. The number of amides is 6. The summed E-state index contributed by atoms with van der Waals surface area (Å²) in [4.78, 5) is 125. The summed E-state index contributed by atoms with van der Waals surface area (Å²) in [6.07, 6.45) is 5.17. The van der Waals surface area contributed by atoms with Crippen LogP contribution >= 0.6 is 81.8 Å². The Balaban J connectivity index is 0.000000126. The molecule has 3 aliphatic heterocycles. The van der Waals surface area contributed by atoms with Gasteiger partial charge in [-0.15, -0.1) is 34.0 Å². The third kappa shape index (κ3) is 17.1. The molecule has 0 unspecified atom stereocenters. The first-order valence-electron chi connectivity index (χ1n) is 35.5. The Kier molecular flexibility index (Phi) is 25.9. The fourth-order valence-corrected chi connectivity index (χ4v) is 17.6. The van der Waals surface area contributed by atoms with Gasteiger partial charge in [0, 0.05) is 71.0 Å². The number of aromatic amines is 1. The average molecular weight is 1810 g/mol. The van der Waals surface area contributed by atoms with Gasteiger partial charge in [0.2, 0.25) is 0 Å². The van der Waals surface area contributed by atoms with E-state index < -0.39 is 11.8 Å². The molecule has 115 heavy (non-hydrogen) atoms. The van der Waals surface area contributed by atoms with Crippen molar-refractivity contribution in [2.75, 3.05) is 0 Å². The van der Waals surface area contributed by atoms with E-state index in [2.05, 4.69) is 113 Å². The number of thiazole rings is 3. The van der Waals surface area contributed by atoms with E-state index in [9.17, 15) is 43.2 Å². The third-order valence-corrected chi connectivity index (χ3v) is 24.0. The zero-order chi connectivity index (χ0) is 80.3. The maximum atomic E-state index is 13.2. The van der Waals surface area contributed by atoms with Crippen LogP contribution < -0.4 is 73.8 Å². The molecule has 6 amide bonds. The fraction of sp³-hybridized carbons (Fsp3) is 0.169. The zero-order valence-electron chi connectivity index (χ0n) is 62.9. The molecule has 574 valence electrons. The minimum atomic E-state index is -0.425. The van der Waals surface area contributed by atoms with Crippen molar-refractivity contribution < 1.29 is 80.2 Å². The maximum absolute atomic E-state index is 13.2. The Labute approximate surface area is 735 Å². The van der Waals surface area contributed by atoms with E-state index in [1.807, 2.05) is 128 Å². The van der Waals surface area contributed by atoms with Gasteiger partial charge in [-0.25, -0.2) is 29.4 Å². The summed E-state index contributed by atoms with van der Waals surface area (Å²) in [5, 5.41) is 26.4. The number of benzene rings is 7. The number of nitrogens with one attached hydrogen (secondary N) is 1. The quantitative estimate of drug-likeness (QED) is 0.0652. The van der Waals surface area contributed by atoms with Crippen molar-refractivity contribution in [3.8, 4) is 0 Å². The largest absolute Gasteiger partial charge is 1.00 e. The number of rotatable bonds is 12. The van der Waals surface area contributed by atoms with Crippen molar-refractivity contribution in [1.29, 1.82) is 0 Å². The van der Waals surface area contributed by atoms with Gasteiger partial charge < -0.3 is 34.3 Å². The standard InChI is InChI=1S/C25H19N5O3S.C17H17N5OS.C16H12BrNO2.C9H8N4OS.C8H8Br2.C8H5NO2.K/c1-14-27-22-21(34-14)19-11-26-30(25(33)20(19)28(22)2)13-16-7-5-6-15(10-16)12-29-23(31)17-8-3-4-9-18(17)24(29)32;1-10-20-16-15(24-10)13-8-19-22(17(23)14(13)21(16)2)9-12-5-3-4-11(6-12)7-18;17-9-11-4-3-5-12(8-11)10-18-15(19)13-6-1-2-7-14(13)16(18)20;1-4-11-8-7(15-4)5-3-10-12-9(14)6(5)13(8)2;9-5-7-2-1-3-8(4-7)6-10;10-7-5-3-1-2-4-6(5)8(11)9-7;/h3-11H,12-13H2,1-2H3;3-6,8H,7,9,18H2,1-2H3;1-8H,9-10H2;3H,1-2H3,(H,12,14);1-4H,5-6H2;1-4H,(H,9,10,11);/q;;;;;;+1/p-1. The Hall–Kier alpha value is -10.1. The molecule has 0 bridgehead atoms. The molecule has 0 saturated heterocycles. The van der Waals surface area contributed by atoms with E-state index in [0.29, 0.717) is 69.6 Å². The van der Waals surface area contributed by atoms with Crippen LogP contribution in [0.25, 0.3) is 69.1 Å². The topological polar surface area (TPSA) is 318 Å². The van der Waals surface area contributed by atoms with Gasteiger partial charge in [0.15, 0.2) is 16.9 Å². The van der Waals surface area contributed by atoms with Gasteiger partial charge in [-0.3, -0.25) is 43.4 Å². The van der Waals surface area contributed by atoms with Gasteiger partial charge in [-0.1, -0.05) is 193 Å². The maximum Gasteiger partial charge on any atom is 1.00 e. The number of nitrogens with two attached hydrogens (primary N) is 1. The van der Waals surface area contributed by atoms with Crippen LogP contribution in [0.1, 0.15) is 122 Å². The van der Waals surface area contributed by atoms with E-state index in [0.717, 1.165) is 112 Å². The van der Waals surface area contributed by atoms with Crippen molar-refractivity contribution >= 4 is 181 Å². The second kappa shape index (κ2) is 36.0. The Morgan fingerprint density at radius 2 is 0.696 bits per heavy atom. The molecule has 0 spiro atoms. The monoisotopic (exact) mass is 1800 g/mol. The van der Waals surface area contributed by atoms with Gasteiger partial charge in [0.1, 0.15) is 16.6 Å². The molecular weight excluding hydrogens is 1740 g/mol. The summed E-state index contributed by atoms with van der Waals surface area (Å²) >= 11 is 14.9. The first-order valence-corrected chi connectivity index (χ1v) is 41.3. The van der Waals surface area contributed by atoms with Gasteiger partial charge in [-0.2, -0.15) is 15.3 Å². The van der Waals surface area contributed by atoms with Crippen molar-refractivity contribution in [2.24, 2.45) is 26.9 Å². The molecule has 0 fully saturated rings. The molecule has 0 aliphatic carbocycles. The van der Waals surface area contributed by atoms with E-state index in [1.54, 1.807) is 125 Å². The fourth-order valence-electron chi connectivity index (χ4n) is 13.7. The number of alkyl halides is 3. The van der Waals surface area contributed by atoms with Crippen LogP contribution in [0, 0.1) is 20.8 Å². The Morgan fingerprint density at radius 1 is 0.391 bits per heavy atom. The zero-order valence-corrected chi connectivity index (χ0v) is 73.3. The van der Waals surface area contributed by atoms with Crippen LogP contribution in [-0.4, -0.2) is 104 Å². The first kappa shape index (κ1) is 82.9. The van der Waals surface area contributed by atoms with Crippen LogP contribution in [0.5, 0.6) is 0 Å². The predicted octanol–water partition coefficient (Wildman–Crippen LogP) is 12.0. The molecule has 7 aromatic carbocycles. The average Bonchev–Trinajstić information content (AvgIpc) is 1.57. The van der Waals surface area contributed by atoms with Crippen LogP contribution in [-0.2, 0) is 69.9 Å². The van der Waals surface area contributed by atoms with Crippen molar-refractivity contribution in [2.45, 2.75) is 69.5 Å². The van der Waals surface area contributed by atoms with E-state index >= 15 is 0 Å². The SMILES string of the molecule is BrCc1cccc(CBr)c1.Cc1nc2c(s1)c1cn[nH]c(=O)c1n2C.Cc1nc2c(s1)c1cnn(Cc3cccc(CN)c3)c(=O)c1n2C.Cc1nc2c(s1)c1cnn(Cc3cccc(CN4C(=O)c5ccccc5C4=O)c3)c(=O)c1n2C.O=C1[N-]C(=O)c2ccccc21.O=C1c2ccccc2C(=O)N1Cc1cccc(CBr)c1.[K+]. The number of aryl methyl sites for hydroxylation is 6. The molecule has 19 rings (SSSR count). The number of aromatic nitrogens is 12. The molecule has 3 N–H and O–H groups in total. The van der Waals surface area contributed by atoms with Crippen LogP contribution in [0.3, 0.4) is 0 Å². The summed E-state index contributed by atoms with van der Waals surface area (Å²) in [6, 6.07) is 52.2. The number of nitrogens with zero attached hydrogens (tertiary/aromatic N) is 14. The number of hydrogen-bond acceptors (Lipinski definition) is 19. The summed E-state index contributed by atoms with van der Waals surface area (Å²) in [5.41, 5.74) is 20.7. The number of halogens is 3. The molecule has 32 heteroatoms. The van der Waals surface area contributed by atoms with Crippen LogP contribution in [0.2, 0.25) is 0 Å². The molecule has 9 aromatic heterocycles. The number of carbonyl (C=O) groups is 6. The summed E-state index contributed by atoms with van der Waals surface area (Å²) in [7, 11) is 5.57. The minimum absolute atomic E-state index is 0. The number of fused-ring (bicyclic) bond motifs is 12. The number of hydrogen-bond donors (Lipinski definition) is 2. The molecule has 0 saturated carbocycles. The molecule has 25 nitrogen and oxygen atoms in total. The van der Waals surface area contributed by atoms with E-state index in [1.165, 1.54) is 30.3 Å². The minimum Gasteiger partial charge on any atom is -0.587 e. The Bertz CT molecular complexity index is 6610. The number of imide groups is 3. The molecule has 3 aliphatic rings. The Morgan fingerprint density at radius 3 is 1.06 bits per heavy atom.